The molecule has 110 valence electrons. The van der Waals surface area contributed by atoms with Crippen LogP contribution in [0.25, 0.3) is 0 Å². The number of hydrogen-bond acceptors (Lipinski definition) is 4. The smallest absolute Gasteiger partial charge is 0.317 e. The number of carbonyl (C=O) groups is 1. The predicted octanol–water partition coefficient (Wildman–Crippen LogP) is -0.336. The number of likely N-dealkylation sites (N-methyl/N-ethyl adjacent to an activating group) is 1. The fourth-order valence-corrected chi connectivity index (χ4v) is 2.69. The Bertz CT molecular complexity index is 294. The summed E-state index contributed by atoms with van der Waals surface area (Å²) in [6.45, 7) is 10.0. The first-order chi connectivity index (χ1) is 9.16. The van der Waals surface area contributed by atoms with E-state index in [9.17, 15) is 4.79 Å². The van der Waals surface area contributed by atoms with Crippen LogP contribution in [-0.4, -0.2) is 92.8 Å². The van der Waals surface area contributed by atoms with Gasteiger partial charge in [-0.2, -0.15) is 0 Å². The topological polar surface area (TPSA) is 48.0 Å². The van der Waals surface area contributed by atoms with Gasteiger partial charge in [-0.3, -0.25) is 4.90 Å². The van der Waals surface area contributed by atoms with Gasteiger partial charge in [0.1, 0.15) is 0 Å². The van der Waals surface area contributed by atoms with Crippen LogP contribution in [0.3, 0.4) is 0 Å². The number of nitrogens with one attached hydrogen (secondary N) is 1. The first-order valence-corrected chi connectivity index (χ1v) is 7.20. The van der Waals surface area contributed by atoms with Crippen LogP contribution in [0.1, 0.15) is 6.92 Å². The van der Waals surface area contributed by atoms with Gasteiger partial charge in [-0.25, -0.2) is 4.79 Å². The van der Waals surface area contributed by atoms with Crippen LogP contribution >= 0.6 is 0 Å². The second-order valence-electron chi connectivity index (χ2n) is 5.49. The number of ether oxygens (including phenoxy) is 1. The van der Waals surface area contributed by atoms with Crippen molar-refractivity contribution in [1.29, 1.82) is 0 Å². The van der Waals surface area contributed by atoms with Crippen molar-refractivity contribution in [3.63, 3.8) is 0 Å². The molecule has 0 aromatic rings. The van der Waals surface area contributed by atoms with E-state index >= 15 is 0 Å². The fourth-order valence-electron chi connectivity index (χ4n) is 2.69. The number of piperazine rings is 1. The molecule has 2 aliphatic rings. The van der Waals surface area contributed by atoms with Crippen molar-refractivity contribution < 1.29 is 9.53 Å². The highest BCUT2D eigenvalue weighted by Crippen LogP contribution is 2.07. The highest BCUT2D eigenvalue weighted by molar-refractivity contribution is 5.74. The van der Waals surface area contributed by atoms with E-state index in [1.54, 1.807) is 0 Å². The third kappa shape index (κ3) is 4.33. The summed E-state index contributed by atoms with van der Waals surface area (Å²) in [5.41, 5.74) is 0. The Balaban J connectivity index is 1.66. The molecule has 1 N–H and O–H groups in total. The average Bonchev–Trinajstić information content (AvgIpc) is 2.39. The maximum atomic E-state index is 12.1. The molecule has 2 amide bonds. The van der Waals surface area contributed by atoms with Crippen molar-refractivity contribution >= 4 is 6.03 Å². The molecule has 6 nitrogen and oxygen atoms in total. The van der Waals surface area contributed by atoms with Crippen LogP contribution in [0.4, 0.5) is 4.79 Å². The van der Waals surface area contributed by atoms with Gasteiger partial charge in [-0.15, -0.1) is 0 Å². The lowest BCUT2D eigenvalue weighted by atomic mass is 10.2. The molecular formula is C13H26N4O2. The Labute approximate surface area is 115 Å². The Morgan fingerprint density at radius 2 is 2.00 bits per heavy atom. The van der Waals surface area contributed by atoms with Gasteiger partial charge < -0.3 is 19.9 Å². The monoisotopic (exact) mass is 270 g/mol. The van der Waals surface area contributed by atoms with Crippen LogP contribution in [0.15, 0.2) is 0 Å². The summed E-state index contributed by atoms with van der Waals surface area (Å²) in [6, 6.07) is 0.371. The molecule has 0 spiro atoms. The Hall–Kier alpha value is -0.850. The lowest BCUT2D eigenvalue weighted by molar-refractivity contribution is 0.0383. The third-order valence-electron chi connectivity index (χ3n) is 3.90. The zero-order valence-electron chi connectivity index (χ0n) is 12.1. The molecule has 1 atom stereocenters. The number of carbonyl (C=O) groups excluding carboxylic acids is 1. The highest BCUT2D eigenvalue weighted by Gasteiger charge is 2.25. The van der Waals surface area contributed by atoms with Crippen LogP contribution < -0.4 is 5.32 Å². The molecule has 6 heteroatoms. The zero-order valence-corrected chi connectivity index (χ0v) is 12.1. The van der Waals surface area contributed by atoms with Gasteiger partial charge in [0, 0.05) is 51.9 Å². The molecule has 2 saturated heterocycles. The van der Waals surface area contributed by atoms with E-state index in [1.165, 1.54) is 0 Å². The summed E-state index contributed by atoms with van der Waals surface area (Å²) in [6.07, 6.45) is 0. The first-order valence-electron chi connectivity index (χ1n) is 7.20. The lowest BCUT2D eigenvalue weighted by Gasteiger charge is -2.38. The van der Waals surface area contributed by atoms with E-state index in [-0.39, 0.29) is 6.03 Å². The van der Waals surface area contributed by atoms with Crippen molar-refractivity contribution in [2.45, 2.75) is 13.0 Å². The van der Waals surface area contributed by atoms with Gasteiger partial charge in [-0.1, -0.05) is 0 Å². The van der Waals surface area contributed by atoms with Crippen LogP contribution in [0, 0.1) is 0 Å². The normalized spacial score (nSPS) is 26.4. The summed E-state index contributed by atoms with van der Waals surface area (Å²) in [5.74, 6) is 0. The second-order valence-corrected chi connectivity index (χ2v) is 5.49. The van der Waals surface area contributed by atoms with Gasteiger partial charge in [0.05, 0.1) is 13.2 Å². The van der Waals surface area contributed by atoms with E-state index in [2.05, 4.69) is 29.1 Å². The molecule has 2 heterocycles. The Morgan fingerprint density at radius 3 is 2.68 bits per heavy atom. The Kier molecular flexibility index (Phi) is 5.42. The fraction of sp³-hybridized carbons (Fsp3) is 0.923. The predicted molar refractivity (Wildman–Crippen MR) is 74.3 cm³/mol. The number of hydrogen-bond donors (Lipinski definition) is 1. The van der Waals surface area contributed by atoms with E-state index in [1.807, 2.05) is 4.90 Å². The zero-order chi connectivity index (χ0) is 13.7. The SMILES string of the molecule is CC1CN(C)CCN1C(=O)NCCN1CCOCC1. The molecule has 2 rings (SSSR count). The summed E-state index contributed by atoms with van der Waals surface area (Å²) >= 11 is 0. The molecular weight excluding hydrogens is 244 g/mol. The minimum atomic E-state index is 0.0776. The van der Waals surface area contributed by atoms with Gasteiger partial charge in [0.15, 0.2) is 0 Å². The van der Waals surface area contributed by atoms with Crippen LogP contribution in [-0.2, 0) is 4.74 Å². The van der Waals surface area contributed by atoms with Crippen molar-refractivity contribution in [1.82, 2.24) is 20.0 Å². The van der Waals surface area contributed by atoms with Crippen molar-refractivity contribution in [3.8, 4) is 0 Å². The van der Waals surface area contributed by atoms with Crippen molar-refractivity contribution in [2.24, 2.45) is 0 Å². The summed E-state index contributed by atoms with van der Waals surface area (Å²) < 4.78 is 5.30. The molecule has 2 fully saturated rings. The van der Waals surface area contributed by atoms with Gasteiger partial charge in [0.2, 0.25) is 0 Å². The molecule has 0 aromatic carbocycles. The molecule has 2 aliphatic heterocycles. The van der Waals surface area contributed by atoms with Crippen LogP contribution in [0.5, 0.6) is 0 Å². The van der Waals surface area contributed by atoms with Gasteiger partial charge in [-0.05, 0) is 14.0 Å². The molecule has 0 bridgehead atoms. The van der Waals surface area contributed by atoms with Crippen molar-refractivity contribution in [2.75, 3.05) is 66.1 Å². The molecule has 0 aromatic heterocycles. The van der Waals surface area contributed by atoms with Gasteiger partial charge in [0.25, 0.3) is 0 Å². The van der Waals surface area contributed by atoms with E-state index in [0.29, 0.717) is 6.04 Å². The number of urea groups is 1. The quantitative estimate of drug-likeness (QED) is 0.762. The second kappa shape index (κ2) is 7.07. The summed E-state index contributed by atoms with van der Waals surface area (Å²) in [7, 11) is 2.10. The van der Waals surface area contributed by atoms with E-state index < -0.39 is 0 Å². The minimum absolute atomic E-state index is 0.0776. The molecule has 0 radical (unpaired) electrons. The van der Waals surface area contributed by atoms with Crippen molar-refractivity contribution in [3.05, 3.63) is 0 Å². The maximum Gasteiger partial charge on any atom is 0.317 e. The van der Waals surface area contributed by atoms with Crippen LogP contribution in [0.2, 0.25) is 0 Å². The lowest BCUT2D eigenvalue weighted by Crippen LogP contribution is -2.56. The molecule has 19 heavy (non-hydrogen) atoms. The maximum absolute atomic E-state index is 12.1. The number of morpholine rings is 1. The summed E-state index contributed by atoms with van der Waals surface area (Å²) in [4.78, 5) is 18.7. The largest absolute Gasteiger partial charge is 0.379 e. The number of rotatable bonds is 3. The summed E-state index contributed by atoms with van der Waals surface area (Å²) in [5, 5.41) is 3.03. The Morgan fingerprint density at radius 1 is 1.26 bits per heavy atom. The molecule has 0 aliphatic carbocycles. The van der Waals surface area contributed by atoms with Gasteiger partial charge >= 0.3 is 6.03 Å². The van der Waals surface area contributed by atoms with E-state index in [4.69, 9.17) is 4.74 Å². The highest BCUT2D eigenvalue weighted by atomic mass is 16.5. The number of amides is 2. The third-order valence-corrected chi connectivity index (χ3v) is 3.90. The standard InChI is InChI=1S/C13H26N4O2/c1-12-11-15(2)5-6-17(12)13(18)14-3-4-16-7-9-19-10-8-16/h12H,3-11H2,1-2H3,(H,14,18). The molecule has 0 saturated carbocycles. The first kappa shape index (κ1) is 14.6. The molecule has 1 unspecified atom stereocenters. The van der Waals surface area contributed by atoms with E-state index in [0.717, 1.165) is 59.0 Å². The average molecular weight is 270 g/mol. The number of nitrogens with zero attached hydrogens (tertiary/aromatic N) is 3. The minimum Gasteiger partial charge on any atom is -0.379 e.